The lowest BCUT2D eigenvalue weighted by atomic mass is 10.1. The monoisotopic (exact) mass is 876 g/mol. The van der Waals surface area contributed by atoms with Crippen molar-refractivity contribution in [3.05, 3.63) is 183 Å². The number of nitrogens with zero attached hydrogens (tertiary/aromatic N) is 4. The fourth-order valence-electron chi connectivity index (χ4n) is 6.95. The number of benzene rings is 6. The van der Waals surface area contributed by atoms with Crippen LogP contribution < -0.4 is 9.47 Å². The molecule has 0 atom stereocenters. The van der Waals surface area contributed by atoms with E-state index in [2.05, 4.69) is 9.97 Å². The minimum atomic E-state index is -1.05. The Morgan fingerprint density at radius 2 is 0.758 bits per heavy atom. The maximum absolute atomic E-state index is 10.8. The van der Waals surface area contributed by atoms with E-state index in [-0.39, 0.29) is 0 Å². The summed E-state index contributed by atoms with van der Waals surface area (Å²) >= 11 is 0. The lowest BCUT2D eigenvalue weighted by Crippen LogP contribution is -2.09. The number of carboxylic acid groups (broad SMARTS) is 2. The third-order valence-corrected chi connectivity index (χ3v) is 9.88. The van der Waals surface area contributed by atoms with E-state index in [1.54, 1.807) is 36.4 Å². The van der Waals surface area contributed by atoms with Crippen LogP contribution in [0.1, 0.15) is 0 Å². The Kier molecular flexibility index (Phi) is 12.3. The van der Waals surface area contributed by atoms with Crippen molar-refractivity contribution in [1.82, 2.24) is 19.9 Å². The molecule has 10 rings (SSSR count). The summed E-state index contributed by atoms with van der Waals surface area (Å²) in [4.78, 5) is 39.9. The second-order valence-electron chi connectivity index (χ2n) is 14.3. The zero-order valence-electron chi connectivity index (χ0n) is 34.7. The maximum atomic E-state index is 10.8. The van der Waals surface area contributed by atoms with Crippen LogP contribution in [-0.2, 0) is 9.59 Å². The van der Waals surface area contributed by atoms with Crippen LogP contribution >= 0.6 is 0 Å². The van der Waals surface area contributed by atoms with Crippen LogP contribution in [0.4, 0.5) is 0 Å². The van der Waals surface area contributed by atoms with Gasteiger partial charge in [-0.05, 0) is 24.3 Å². The molecule has 0 saturated heterocycles. The number of aromatic nitrogens is 4. The van der Waals surface area contributed by atoms with Crippen LogP contribution in [0.2, 0.25) is 0 Å². The van der Waals surface area contributed by atoms with E-state index in [4.69, 9.17) is 47.3 Å². The molecule has 4 heterocycles. The Morgan fingerprint density at radius 3 is 1.12 bits per heavy atom. The van der Waals surface area contributed by atoms with Gasteiger partial charge < -0.3 is 37.4 Å². The van der Waals surface area contributed by atoms with Crippen LogP contribution in [0, 0.1) is 0 Å². The Morgan fingerprint density at radius 1 is 0.409 bits per heavy atom. The van der Waals surface area contributed by atoms with Crippen molar-refractivity contribution in [3.63, 3.8) is 0 Å². The number of carboxylic acids is 2. The smallest absolute Gasteiger partial charge is 0.341 e. The van der Waals surface area contributed by atoms with Crippen molar-refractivity contribution in [3.8, 4) is 102 Å². The number of oxazole rings is 4. The van der Waals surface area contributed by atoms with E-state index in [9.17, 15) is 9.59 Å². The molecule has 14 nitrogen and oxygen atoms in total. The number of hydrogen-bond donors (Lipinski definition) is 2. The molecular weight excluding hydrogens is 841 g/mol. The largest absolute Gasteiger partial charge is 0.482 e. The molecule has 6 aromatic carbocycles. The molecule has 0 unspecified atom stereocenters. The van der Waals surface area contributed by atoms with Crippen molar-refractivity contribution in [2.45, 2.75) is 0 Å². The molecule has 0 radical (unpaired) electrons. The molecule has 0 aliphatic heterocycles. The first-order valence-corrected chi connectivity index (χ1v) is 20.4. The minimum absolute atomic E-state index is 0.313. The average molecular weight is 877 g/mol. The lowest BCUT2D eigenvalue weighted by molar-refractivity contribution is -0.140. The fourth-order valence-corrected chi connectivity index (χ4v) is 6.95. The van der Waals surface area contributed by atoms with E-state index < -0.39 is 25.2 Å². The highest BCUT2D eigenvalue weighted by Gasteiger charge is 2.25. The van der Waals surface area contributed by atoms with E-state index >= 15 is 0 Å². The maximum Gasteiger partial charge on any atom is 0.341 e. The van der Waals surface area contributed by atoms with Gasteiger partial charge in [0.15, 0.2) is 60.4 Å². The van der Waals surface area contributed by atoms with Crippen molar-refractivity contribution in [1.29, 1.82) is 0 Å². The highest BCUT2D eigenvalue weighted by atomic mass is 16.5. The number of ether oxygens (including phenoxy) is 2. The molecule has 66 heavy (non-hydrogen) atoms. The van der Waals surface area contributed by atoms with Gasteiger partial charge in [-0.25, -0.2) is 29.5 Å². The van der Waals surface area contributed by atoms with Gasteiger partial charge in [0.1, 0.15) is 22.9 Å². The van der Waals surface area contributed by atoms with Gasteiger partial charge in [0.05, 0.1) is 0 Å². The van der Waals surface area contributed by atoms with Crippen molar-refractivity contribution in [2.24, 2.45) is 0 Å². The highest BCUT2D eigenvalue weighted by molar-refractivity contribution is 5.83. The second kappa shape index (κ2) is 19.4. The summed E-state index contributed by atoms with van der Waals surface area (Å²) in [6, 6.07) is 52.9. The predicted molar refractivity (Wildman–Crippen MR) is 243 cm³/mol. The summed E-state index contributed by atoms with van der Waals surface area (Å²) in [5.41, 5.74) is 7.20. The standard InChI is InChI=1S/2C26H18N2O5/c2*29-21(30)15-31-20-13-7-12-19(14-20)24-23(27-16-32-24)26-28-22(17-8-3-1-4-9-17)25(33-26)18-10-5-2-6-11-18/h2*1-14,16H,15H2,(H,29,30). The van der Waals surface area contributed by atoms with Crippen LogP contribution in [0.15, 0.2) is 200 Å². The number of hydrogen-bond acceptors (Lipinski definition) is 12. The molecular formula is C52H36N4O10. The van der Waals surface area contributed by atoms with Gasteiger partial charge >= 0.3 is 11.9 Å². The van der Waals surface area contributed by atoms with Gasteiger partial charge in [0, 0.05) is 33.4 Å². The molecule has 0 aliphatic carbocycles. The zero-order chi connectivity index (χ0) is 45.2. The molecule has 0 saturated carbocycles. The highest BCUT2D eigenvalue weighted by Crippen LogP contribution is 2.41. The summed E-state index contributed by atoms with van der Waals surface area (Å²) in [7, 11) is 0. The Labute approximate surface area is 376 Å². The lowest BCUT2D eigenvalue weighted by Gasteiger charge is -2.05. The number of aliphatic carboxylic acids is 2. The first-order valence-electron chi connectivity index (χ1n) is 20.4. The fraction of sp³-hybridized carbons (Fsp3) is 0.0385. The molecule has 10 aromatic rings. The van der Waals surface area contributed by atoms with E-state index in [0.717, 1.165) is 22.3 Å². The molecule has 0 bridgehead atoms. The van der Waals surface area contributed by atoms with Crippen molar-refractivity contribution in [2.75, 3.05) is 13.2 Å². The van der Waals surface area contributed by atoms with Crippen LogP contribution in [0.25, 0.3) is 91.0 Å². The van der Waals surface area contributed by atoms with Crippen LogP contribution in [0.5, 0.6) is 11.5 Å². The van der Waals surface area contributed by atoms with Gasteiger partial charge in [-0.15, -0.1) is 0 Å². The number of rotatable bonds is 14. The third kappa shape index (κ3) is 9.52. The van der Waals surface area contributed by atoms with Crippen LogP contribution in [0.3, 0.4) is 0 Å². The quantitative estimate of drug-likeness (QED) is 0.105. The van der Waals surface area contributed by atoms with Gasteiger partial charge in [-0.1, -0.05) is 146 Å². The Hall–Kier alpha value is -9.30. The summed E-state index contributed by atoms with van der Waals surface area (Å²) in [6.45, 7) is -0.874. The summed E-state index contributed by atoms with van der Waals surface area (Å²) in [5, 5.41) is 17.7. The molecule has 324 valence electrons. The summed E-state index contributed by atoms with van der Waals surface area (Å²) in [6.07, 6.45) is 2.65. The molecule has 0 aliphatic rings. The van der Waals surface area contributed by atoms with E-state index in [1.807, 2.05) is 133 Å². The average Bonchev–Trinajstić information content (AvgIpc) is 4.21. The summed E-state index contributed by atoms with van der Waals surface area (Å²) in [5.74, 6) is 1.46. The first kappa shape index (κ1) is 42.0. The van der Waals surface area contributed by atoms with E-state index in [0.29, 0.717) is 80.2 Å². The molecule has 14 heteroatoms. The Bertz CT molecular complexity index is 2880. The number of carbonyl (C=O) groups is 2. The minimum Gasteiger partial charge on any atom is -0.482 e. The van der Waals surface area contributed by atoms with Crippen LogP contribution in [-0.4, -0.2) is 55.3 Å². The van der Waals surface area contributed by atoms with Gasteiger partial charge in [0.2, 0.25) is 11.8 Å². The Balaban J connectivity index is 0.000000166. The van der Waals surface area contributed by atoms with E-state index in [1.165, 1.54) is 12.8 Å². The molecule has 4 aromatic heterocycles. The topological polar surface area (TPSA) is 197 Å². The van der Waals surface area contributed by atoms with Gasteiger partial charge in [-0.3, -0.25) is 0 Å². The zero-order valence-corrected chi connectivity index (χ0v) is 34.7. The van der Waals surface area contributed by atoms with Gasteiger partial charge in [0.25, 0.3) is 0 Å². The van der Waals surface area contributed by atoms with Crippen molar-refractivity contribution >= 4 is 11.9 Å². The first-order chi connectivity index (χ1) is 32.4. The third-order valence-electron chi connectivity index (χ3n) is 9.88. The van der Waals surface area contributed by atoms with Crippen molar-refractivity contribution < 1.29 is 46.9 Å². The predicted octanol–water partition coefficient (Wildman–Crippen LogP) is 11.6. The van der Waals surface area contributed by atoms with Gasteiger partial charge in [-0.2, -0.15) is 0 Å². The summed E-state index contributed by atoms with van der Waals surface area (Å²) < 4.78 is 34.4. The normalized spacial score (nSPS) is 10.8. The second-order valence-corrected chi connectivity index (χ2v) is 14.3. The molecule has 2 N–H and O–H groups in total. The molecule has 0 fully saturated rings. The SMILES string of the molecule is O=C(O)COc1cccc(-c2ocnc2-c2nc(-c3ccccc3)c(-c3ccccc3)o2)c1.O=C(O)COc1cccc(-c2ocnc2-c2nc(-c3ccccc3)c(-c3ccccc3)o2)c1. The molecule has 0 spiro atoms. The molecule has 0 amide bonds.